The number of carbonyl (C=O) groups is 1. The van der Waals surface area contributed by atoms with Crippen molar-refractivity contribution in [1.29, 1.82) is 0 Å². The number of carbonyl (C=O) groups excluding carboxylic acids is 1. The van der Waals surface area contributed by atoms with Crippen molar-refractivity contribution in [3.8, 4) is 0 Å². The molecule has 0 saturated heterocycles. The highest BCUT2D eigenvalue weighted by Crippen LogP contribution is 2.19. The molecule has 0 aliphatic rings. The molecule has 2 aromatic rings. The molecular formula is C17H18N2O3. The second-order valence-corrected chi connectivity index (χ2v) is 5.28. The van der Waals surface area contributed by atoms with E-state index in [1.807, 2.05) is 37.3 Å². The van der Waals surface area contributed by atoms with Gasteiger partial charge in [-0.3, -0.25) is 14.9 Å². The maximum absolute atomic E-state index is 12.1. The van der Waals surface area contributed by atoms with Crippen molar-refractivity contribution in [2.75, 3.05) is 6.54 Å². The molecule has 22 heavy (non-hydrogen) atoms. The SMILES string of the molecule is Cc1cc(C(=O)NC[C@@H](C)c2ccccc2)ccc1[N+](=O)[O-]. The number of nitrogens with zero attached hydrogens (tertiary/aromatic N) is 1. The van der Waals surface area contributed by atoms with Gasteiger partial charge in [-0.2, -0.15) is 0 Å². The number of aryl methyl sites for hydroxylation is 1. The van der Waals surface area contributed by atoms with Gasteiger partial charge in [-0.25, -0.2) is 0 Å². The van der Waals surface area contributed by atoms with Gasteiger partial charge in [0.15, 0.2) is 0 Å². The van der Waals surface area contributed by atoms with E-state index in [1.165, 1.54) is 12.1 Å². The summed E-state index contributed by atoms with van der Waals surface area (Å²) in [5, 5.41) is 13.6. The lowest BCUT2D eigenvalue weighted by Crippen LogP contribution is -2.27. The second-order valence-electron chi connectivity index (χ2n) is 5.28. The first-order chi connectivity index (χ1) is 10.5. The van der Waals surface area contributed by atoms with Gasteiger partial charge in [-0.15, -0.1) is 0 Å². The molecule has 0 fully saturated rings. The smallest absolute Gasteiger partial charge is 0.272 e. The molecule has 0 aromatic heterocycles. The van der Waals surface area contributed by atoms with Crippen LogP contribution in [0, 0.1) is 17.0 Å². The van der Waals surface area contributed by atoms with Gasteiger partial charge >= 0.3 is 0 Å². The van der Waals surface area contributed by atoms with Crippen LogP contribution in [0.25, 0.3) is 0 Å². The number of rotatable bonds is 5. The molecule has 0 saturated carbocycles. The van der Waals surface area contributed by atoms with E-state index in [4.69, 9.17) is 0 Å². The van der Waals surface area contributed by atoms with Gasteiger partial charge < -0.3 is 5.32 Å². The minimum atomic E-state index is -0.450. The molecule has 0 bridgehead atoms. The fourth-order valence-electron chi connectivity index (χ4n) is 2.25. The lowest BCUT2D eigenvalue weighted by atomic mass is 10.0. The van der Waals surface area contributed by atoms with E-state index in [0.717, 1.165) is 5.56 Å². The lowest BCUT2D eigenvalue weighted by Gasteiger charge is -2.13. The molecule has 0 aliphatic carbocycles. The van der Waals surface area contributed by atoms with Crippen molar-refractivity contribution in [2.24, 2.45) is 0 Å². The Labute approximate surface area is 129 Å². The van der Waals surface area contributed by atoms with Crippen LogP contribution in [-0.4, -0.2) is 17.4 Å². The van der Waals surface area contributed by atoms with E-state index >= 15 is 0 Å². The summed E-state index contributed by atoms with van der Waals surface area (Å²) < 4.78 is 0. The number of hydrogen-bond donors (Lipinski definition) is 1. The normalized spacial score (nSPS) is 11.7. The van der Waals surface area contributed by atoms with E-state index in [0.29, 0.717) is 17.7 Å². The van der Waals surface area contributed by atoms with E-state index in [-0.39, 0.29) is 17.5 Å². The molecule has 0 aliphatic heterocycles. The van der Waals surface area contributed by atoms with E-state index in [1.54, 1.807) is 13.0 Å². The van der Waals surface area contributed by atoms with Crippen LogP contribution >= 0.6 is 0 Å². The Kier molecular flexibility index (Phi) is 4.88. The molecule has 5 heteroatoms. The standard InChI is InChI=1S/C17H18N2O3/c1-12-10-15(8-9-16(12)19(21)22)17(20)18-11-13(2)14-6-4-3-5-7-14/h3-10,13H,11H2,1-2H3,(H,18,20)/t13-/m1/s1. The van der Waals surface area contributed by atoms with Crippen LogP contribution in [-0.2, 0) is 0 Å². The largest absolute Gasteiger partial charge is 0.351 e. The summed E-state index contributed by atoms with van der Waals surface area (Å²) in [5.41, 5.74) is 2.09. The zero-order chi connectivity index (χ0) is 16.1. The van der Waals surface area contributed by atoms with Gasteiger partial charge in [0.2, 0.25) is 0 Å². The monoisotopic (exact) mass is 298 g/mol. The molecule has 1 atom stereocenters. The summed E-state index contributed by atoms with van der Waals surface area (Å²) in [7, 11) is 0. The Bertz CT molecular complexity index is 684. The molecule has 2 rings (SSSR count). The summed E-state index contributed by atoms with van der Waals surface area (Å²) in [6.07, 6.45) is 0. The lowest BCUT2D eigenvalue weighted by molar-refractivity contribution is -0.385. The first-order valence-corrected chi connectivity index (χ1v) is 7.07. The summed E-state index contributed by atoms with van der Waals surface area (Å²) in [5.74, 6) is -0.0231. The Balaban J connectivity index is 2.01. The van der Waals surface area contributed by atoms with Crippen LogP contribution in [0.2, 0.25) is 0 Å². The van der Waals surface area contributed by atoms with Gasteiger partial charge in [0.25, 0.3) is 11.6 Å². The highest BCUT2D eigenvalue weighted by Gasteiger charge is 2.14. The maximum atomic E-state index is 12.1. The Morgan fingerprint density at radius 2 is 1.91 bits per heavy atom. The first kappa shape index (κ1) is 15.7. The number of nitro benzene ring substituents is 1. The molecule has 5 nitrogen and oxygen atoms in total. The van der Waals surface area contributed by atoms with Crippen molar-refractivity contribution in [3.63, 3.8) is 0 Å². The van der Waals surface area contributed by atoms with Gasteiger partial charge in [0.05, 0.1) is 4.92 Å². The molecule has 1 N–H and O–H groups in total. The second kappa shape index (κ2) is 6.85. The van der Waals surface area contributed by atoms with Crippen LogP contribution in [0.3, 0.4) is 0 Å². The third-order valence-electron chi connectivity index (χ3n) is 3.59. The highest BCUT2D eigenvalue weighted by atomic mass is 16.6. The average Bonchev–Trinajstić information content (AvgIpc) is 2.52. The van der Waals surface area contributed by atoms with Gasteiger partial charge in [-0.1, -0.05) is 37.3 Å². The molecule has 0 spiro atoms. The molecule has 114 valence electrons. The third-order valence-corrected chi connectivity index (χ3v) is 3.59. The predicted molar refractivity (Wildman–Crippen MR) is 85.0 cm³/mol. The molecule has 2 aromatic carbocycles. The number of benzene rings is 2. The zero-order valence-electron chi connectivity index (χ0n) is 12.6. The summed E-state index contributed by atoms with van der Waals surface area (Å²) in [4.78, 5) is 22.5. The molecule has 0 radical (unpaired) electrons. The number of hydrogen-bond acceptors (Lipinski definition) is 3. The molecule has 0 heterocycles. The summed E-state index contributed by atoms with van der Waals surface area (Å²) in [6, 6.07) is 14.3. The quantitative estimate of drug-likeness (QED) is 0.679. The summed E-state index contributed by atoms with van der Waals surface area (Å²) >= 11 is 0. The van der Waals surface area contributed by atoms with E-state index in [9.17, 15) is 14.9 Å². The van der Waals surface area contributed by atoms with Gasteiger partial charge in [0.1, 0.15) is 0 Å². The van der Waals surface area contributed by atoms with E-state index < -0.39 is 4.92 Å². The highest BCUT2D eigenvalue weighted by molar-refractivity contribution is 5.94. The fraction of sp³-hybridized carbons (Fsp3) is 0.235. The maximum Gasteiger partial charge on any atom is 0.272 e. The van der Waals surface area contributed by atoms with E-state index in [2.05, 4.69) is 5.32 Å². The Morgan fingerprint density at radius 3 is 2.50 bits per heavy atom. The van der Waals surface area contributed by atoms with Crippen LogP contribution < -0.4 is 5.32 Å². The number of nitrogens with one attached hydrogen (secondary N) is 1. The van der Waals surface area contributed by atoms with Gasteiger partial charge in [-0.05, 0) is 30.5 Å². The molecular weight excluding hydrogens is 280 g/mol. The van der Waals surface area contributed by atoms with Gasteiger partial charge in [0, 0.05) is 23.7 Å². The topological polar surface area (TPSA) is 72.2 Å². The first-order valence-electron chi connectivity index (χ1n) is 7.07. The third kappa shape index (κ3) is 3.69. The van der Waals surface area contributed by atoms with Crippen molar-refractivity contribution in [3.05, 3.63) is 75.3 Å². The van der Waals surface area contributed by atoms with Crippen molar-refractivity contribution >= 4 is 11.6 Å². The van der Waals surface area contributed by atoms with Crippen molar-refractivity contribution in [1.82, 2.24) is 5.32 Å². The van der Waals surface area contributed by atoms with Crippen LogP contribution in [0.15, 0.2) is 48.5 Å². The Morgan fingerprint density at radius 1 is 1.23 bits per heavy atom. The Hall–Kier alpha value is -2.69. The van der Waals surface area contributed by atoms with Crippen LogP contribution in [0.1, 0.15) is 34.3 Å². The summed E-state index contributed by atoms with van der Waals surface area (Å²) in [6.45, 7) is 4.18. The average molecular weight is 298 g/mol. The predicted octanol–water partition coefficient (Wildman–Crippen LogP) is 3.44. The zero-order valence-corrected chi connectivity index (χ0v) is 12.6. The number of nitro groups is 1. The van der Waals surface area contributed by atoms with Crippen LogP contribution in [0.4, 0.5) is 5.69 Å². The fourth-order valence-corrected chi connectivity index (χ4v) is 2.25. The van der Waals surface area contributed by atoms with Crippen molar-refractivity contribution in [2.45, 2.75) is 19.8 Å². The van der Waals surface area contributed by atoms with Crippen LogP contribution in [0.5, 0.6) is 0 Å². The minimum absolute atomic E-state index is 0.0224. The minimum Gasteiger partial charge on any atom is -0.351 e. The molecule has 0 unspecified atom stereocenters. The molecule has 1 amide bonds. The number of amides is 1. The van der Waals surface area contributed by atoms with Crippen molar-refractivity contribution < 1.29 is 9.72 Å².